The van der Waals surface area contributed by atoms with E-state index in [-0.39, 0.29) is 73.7 Å². The lowest BCUT2D eigenvalue weighted by Crippen LogP contribution is -2.44. The van der Waals surface area contributed by atoms with Crippen LogP contribution in [0.4, 0.5) is 10.5 Å². The van der Waals surface area contributed by atoms with Gasteiger partial charge in [-0.1, -0.05) is 30.9 Å². The van der Waals surface area contributed by atoms with Crippen molar-refractivity contribution >= 4 is 50.3 Å². The minimum Gasteiger partial charge on any atom is -0.458 e. The second-order valence-corrected chi connectivity index (χ2v) is 19.3. The number of cyclic esters (lactones) is 1. The van der Waals surface area contributed by atoms with Gasteiger partial charge in [0.15, 0.2) is 17.1 Å². The van der Waals surface area contributed by atoms with Gasteiger partial charge in [0.1, 0.15) is 19.3 Å². The Balaban J connectivity index is 0.884. The molecule has 2 atom stereocenters. The Hall–Kier alpha value is -7.41. The number of aromatic nitrogens is 4. The van der Waals surface area contributed by atoms with Crippen molar-refractivity contribution < 1.29 is 51.6 Å². The summed E-state index contributed by atoms with van der Waals surface area (Å²) in [5, 5.41) is 17.6. The number of carbonyl (C=O) groups excluding carboxylic acids is 4. The standard InChI is InChI=1S/C50H54N8O12S/c1-4-50(64)37-22-40-44-35(26-58(40)46(61)36(37)28-67-47(50)62)33(34-21-41-42(70-29-69-41)23-39(34)56-44)18-20-57(5-2)49(63)68-27-30-14-16-32(17-15-30)54-45(60)38(12-9-10-19-51)55-43(59)13-8-6-7-11-31-24-52-48(53-25-31)71(3,65)66/h14-17,21-25,38,64H,4-6,8-10,12-13,18-20,26-29,51H2,1-3H3,(H,54,60)(H,55,59)/t38?,50-/m0/s1. The molecule has 0 bridgehead atoms. The van der Waals surface area contributed by atoms with Gasteiger partial charge in [-0.2, -0.15) is 0 Å². The predicted molar refractivity (Wildman–Crippen MR) is 258 cm³/mol. The number of nitrogens with two attached hydrogens (primary N) is 1. The lowest BCUT2D eigenvalue weighted by molar-refractivity contribution is -0.172. The van der Waals surface area contributed by atoms with Crippen LogP contribution >= 0.6 is 0 Å². The predicted octanol–water partition coefficient (Wildman–Crippen LogP) is 3.98. The largest absolute Gasteiger partial charge is 0.458 e. The lowest BCUT2D eigenvalue weighted by Gasteiger charge is -2.31. The molecule has 0 spiro atoms. The number of pyridine rings is 2. The summed E-state index contributed by atoms with van der Waals surface area (Å²) in [6.45, 7) is 4.43. The minimum absolute atomic E-state index is 0.0107. The van der Waals surface area contributed by atoms with Crippen LogP contribution in [-0.2, 0) is 65.5 Å². The number of hydrogen-bond acceptors (Lipinski definition) is 16. The molecule has 3 aliphatic rings. The van der Waals surface area contributed by atoms with Crippen LogP contribution in [0.1, 0.15) is 92.2 Å². The zero-order valence-corrected chi connectivity index (χ0v) is 40.4. The van der Waals surface area contributed by atoms with Crippen LogP contribution in [0.2, 0.25) is 0 Å². The number of unbranched alkanes of at least 4 members (excludes halogenated alkanes) is 2. The number of anilines is 1. The van der Waals surface area contributed by atoms with Crippen molar-refractivity contribution in [1.29, 1.82) is 0 Å². The fourth-order valence-electron chi connectivity index (χ4n) is 8.72. The Morgan fingerprint density at radius 1 is 1.01 bits per heavy atom. The summed E-state index contributed by atoms with van der Waals surface area (Å²) in [7, 11) is -3.52. The molecule has 1 unspecified atom stereocenters. The number of benzene rings is 2. The van der Waals surface area contributed by atoms with Crippen molar-refractivity contribution in [2.45, 2.75) is 102 Å². The Morgan fingerprint density at radius 3 is 2.46 bits per heavy atom. The number of sulfone groups is 1. The number of aliphatic hydroxyl groups is 1. The zero-order chi connectivity index (χ0) is 50.5. The number of nitrogens with one attached hydrogen (secondary N) is 2. The summed E-state index contributed by atoms with van der Waals surface area (Å²) < 4.78 is 47.1. The highest BCUT2D eigenvalue weighted by Gasteiger charge is 2.45. The van der Waals surface area contributed by atoms with Crippen molar-refractivity contribution in [3.8, 4) is 34.7 Å². The number of hydrogen-bond donors (Lipinski definition) is 4. The molecule has 3 aliphatic heterocycles. The molecule has 20 nitrogen and oxygen atoms in total. The van der Waals surface area contributed by atoms with Gasteiger partial charge in [-0.25, -0.2) is 33.0 Å². The van der Waals surface area contributed by atoms with Gasteiger partial charge in [-0.05, 0) is 87.4 Å². The van der Waals surface area contributed by atoms with E-state index in [2.05, 4.69) is 32.4 Å². The van der Waals surface area contributed by atoms with Gasteiger partial charge in [-0.15, -0.1) is 0 Å². The molecule has 5 N–H and O–H groups in total. The number of ether oxygens (including phenoxy) is 4. The van der Waals surface area contributed by atoms with Gasteiger partial charge in [0, 0.05) is 72.8 Å². The summed E-state index contributed by atoms with van der Waals surface area (Å²) in [5.74, 6) is 5.32. The molecule has 5 aromatic rings. The quantitative estimate of drug-likeness (QED) is 0.0410. The molecule has 372 valence electrons. The Kier molecular flexibility index (Phi) is 15.0. The highest BCUT2D eigenvalue weighted by atomic mass is 32.2. The van der Waals surface area contributed by atoms with E-state index in [1.54, 1.807) is 52.8 Å². The average molecular weight is 991 g/mol. The fraction of sp³-hybridized carbons (Fsp3) is 0.400. The van der Waals surface area contributed by atoms with E-state index < -0.39 is 39.4 Å². The van der Waals surface area contributed by atoms with Crippen LogP contribution in [0.3, 0.4) is 0 Å². The van der Waals surface area contributed by atoms with Gasteiger partial charge in [0.2, 0.25) is 33.6 Å². The van der Waals surface area contributed by atoms with E-state index in [4.69, 9.17) is 29.7 Å². The molecule has 0 saturated carbocycles. The third-order valence-electron chi connectivity index (χ3n) is 12.7. The molecular weight excluding hydrogens is 937 g/mol. The van der Waals surface area contributed by atoms with Crippen LogP contribution in [0, 0.1) is 11.8 Å². The summed E-state index contributed by atoms with van der Waals surface area (Å²) >= 11 is 0. The topological polar surface area (TPSA) is 274 Å². The molecule has 0 saturated heterocycles. The summed E-state index contributed by atoms with van der Waals surface area (Å²) in [4.78, 5) is 80.9. The molecule has 8 rings (SSSR count). The molecule has 6 heterocycles. The third-order valence-corrected chi connectivity index (χ3v) is 13.5. The first-order valence-electron chi connectivity index (χ1n) is 23.4. The molecular formula is C50H54N8O12S. The normalized spacial score (nSPS) is 15.6. The maximum absolute atomic E-state index is 14.0. The van der Waals surface area contributed by atoms with Crippen LogP contribution in [-0.4, -0.2) is 101 Å². The summed E-state index contributed by atoms with van der Waals surface area (Å²) in [6.07, 6.45) is 6.08. The van der Waals surface area contributed by atoms with E-state index in [1.807, 2.05) is 13.0 Å². The first-order valence-corrected chi connectivity index (χ1v) is 25.2. The van der Waals surface area contributed by atoms with Crippen molar-refractivity contribution in [1.82, 2.24) is 29.7 Å². The van der Waals surface area contributed by atoms with Crippen molar-refractivity contribution in [2.75, 3.05) is 38.0 Å². The van der Waals surface area contributed by atoms with E-state index >= 15 is 0 Å². The molecule has 21 heteroatoms. The molecule has 0 aliphatic carbocycles. The van der Waals surface area contributed by atoms with Crippen molar-refractivity contribution in [3.05, 3.63) is 98.6 Å². The average Bonchev–Trinajstić information content (AvgIpc) is 3.98. The fourth-order valence-corrected chi connectivity index (χ4v) is 9.20. The van der Waals surface area contributed by atoms with Gasteiger partial charge in [0.25, 0.3) is 5.56 Å². The van der Waals surface area contributed by atoms with E-state index in [0.29, 0.717) is 96.8 Å². The SMILES string of the molecule is CCN(CCc1c2c(nc3cc4c(cc13)OCO4)-c1cc3c(c(=O)n1C2)COC(=O)[C@]3(O)CC)C(=O)OCc1ccc(NC(=O)C(CCCCN)NC(=O)CCCC#Cc2cnc(S(C)(=O)=O)nc2)cc1. The van der Waals surface area contributed by atoms with Crippen molar-refractivity contribution in [2.24, 2.45) is 5.73 Å². The van der Waals surface area contributed by atoms with Gasteiger partial charge < -0.3 is 49.9 Å². The van der Waals surface area contributed by atoms with Gasteiger partial charge >= 0.3 is 12.1 Å². The zero-order valence-electron chi connectivity index (χ0n) is 39.5. The smallest absolute Gasteiger partial charge is 0.410 e. The van der Waals surface area contributed by atoms with Crippen molar-refractivity contribution in [3.63, 3.8) is 0 Å². The first kappa shape index (κ1) is 50.0. The van der Waals surface area contributed by atoms with E-state index in [0.717, 1.165) is 22.8 Å². The Morgan fingerprint density at radius 2 is 1.76 bits per heavy atom. The van der Waals surface area contributed by atoms with E-state index in [9.17, 15) is 37.5 Å². The monoisotopic (exact) mass is 990 g/mol. The van der Waals surface area contributed by atoms with E-state index in [1.165, 1.54) is 12.4 Å². The Bertz CT molecular complexity index is 3130. The second-order valence-electron chi connectivity index (χ2n) is 17.4. The molecule has 0 fully saturated rings. The van der Waals surface area contributed by atoms with Gasteiger partial charge in [0.05, 0.1) is 34.6 Å². The first-order chi connectivity index (χ1) is 34.1. The molecule has 3 amide bonds. The number of esters is 1. The number of rotatable bonds is 18. The Labute approximate surface area is 409 Å². The highest BCUT2D eigenvalue weighted by molar-refractivity contribution is 7.90. The molecule has 0 radical (unpaired) electrons. The van der Waals surface area contributed by atoms with Crippen LogP contribution in [0.5, 0.6) is 11.5 Å². The maximum Gasteiger partial charge on any atom is 0.410 e. The number of carbonyl (C=O) groups is 4. The lowest BCUT2D eigenvalue weighted by atomic mass is 9.86. The van der Waals surface area contributed by atoms with Crippen LogP contribution < -0.4 is 31.4 Å². The maximum atomic E-state index is 14.0. The number of fused-ring (bicyclic) bond motifs is 6. The van der Waals surface area contributed by atoms with Gasteiger partial charge in [-0.3, -0.25) is 14.4 Å². The molecule has 71 heavy (non-hydrogen) atoms. The highest BCUT2D eigenvalue weighted by Crippen LogP contribution is 2.43. The molecule has 3 aromatic heterocycles. The number of nitrogens with zero attached hydrogens (tertiary/aromatic N) is 5. The molecule has 2 aromatic carbocycles. The number of likely N-dealkylation sites (N-methyl/N-ethyl adjacent to an activating group) is 1. The van der Waals surface area contributed by atoms with Crippen LogP contribution in [0.15, 0.2) is 64.8 Å². The van der Waals surface area contributed by atoms with Crippen LogP contribution in [0.25, 0.3) is 22.3 Å². The minimum atomic E-state index is -3.52. The summed E-state index contributed by atoms with van der Waals surface area (Å²) in [6, 6.07) is 11.3. The second kappa shape index (κ2) is 21.3. The number of amides is 3. The third kappa shape index (κ3) is 10.8. The summed E-state index contributed by atoms with van der Waals surface area (Å²) in [5.41, 5.74) is 8.50.